The van der Waals surface area contributed by atoms with E-state index in [9.17, 15) is 13.6 Å². The Balaban J connectivity index is 2.25. The molecule has 0 aromatic carbocycles. The summed E-state index contributed by atoms with van der Waals surface area (Å²) >= 11 is 0. The Kier molecular flexibility index (Phi) is 4.92. The Morgan fingerprint density at radius 2 is 2.06 bits per heavy atom. The van der Waals surface area contributed by atoms with Crippen molar-refractivity contribution in [3.05, 3.63) is 0 Å². The molecule has 0 saturated carbocycles. The number of nitrogens with zero attached hydrogens (tertiary/aromatic N) is 1. The van der Waals surface area contributed by atoms with Gasteiger partial charge in [0.15, 0.2) is 0 Å². The van der Waals surface area contributed by atoms with E-state index >= 15 is 0 Å². The molecule has 1 fully saturated rings. The van der Waals surface area contributed by atoms with Crippen LogP contribution >= 0.6 is 0 Å². The molecule has 1 rings (SSSR count). The van der Waals surface area contributed by atoms with Gasteiger partial charge in [-0.15, -0.1) is 0 Å². The predicted molar refractivity (Wildman–Crippen MR) is 55.4 cm³/mol. The van der Waals surface area contributed by atoms with E-state index in [0.717, 1.165) is 12.8 Å². The predicted octanol–water partition coefficient (Wildman–Crippen LogP) is 1.05. The zero-order chi connectivity index (χ0) is 12.1. The van der Waals surface area contributed by atoms with Gasteiger partial charge in [-0.25, -0.2) is 13.6 Å². The van der Waals surface area contributed by atoms with Crippen LogP contribution in [0.2, 0.25) is 0 Å². The van der Waals surface area contributed by atoms with E-state index in [2.05, 4.69) is 12.2 Å². The van der Waals surface area contributed by atoms with E-state index in [1.165, 1.54) is 0 Å². The SMILES string of the molecule is CC1CCN(C(=O)NCC(O)C(F)F)CC1. The minimum Gasteiger partial charge on any atom is -0.385 e. The van der Waals surface area contributed by atoms with Gasteiger partial charge in [-0.1, -0.05) is 6.92 Å². The van der Waals surface area contributed by atoms with Crippen LogP contribution in [-0.2, 0) is 0 Å². The Bertz CT molecular complexity index is 231. The van der Waals surface area contributed by atoms with E-state index in [1.807, 2.05) is 0 Å². The third kappa shape index (κ3) is 3.92. The molecule has 0 radical (unpaired) electrons. The van der Waals surface area contributed by atoms with Crippen molar-refractivity contribution in [3.63, 3.8) is 0 Å². The molecule has 2 amide bonds. The molecule has 1 aliphatic rings. The van der Waals surface area contributed by atoms with E-state index in [4.69, 9.17) is 5.11 Å². The first-order valence-corrected chi connectivity index (χ1v) is 5.49. The lowest BCUT2D eigenvalue weighted by Gasteiger charge is -2.30. The molecule has 0 spiro atoms. The van der Waals surface area contributed by atoms with Crippen LogP contribution in [0.4, 0.5) is 13.6 Å². The van der Waals surface area contributed by atoms with Gasteiger partial charge in [-0.05, 0) is 18.8 Å². The molecule has 0 aliphatic carbocycles. The van der Waals surface area contributed by atoms with Crippen LogP contribution in [0.5, 0.6) is 0 Å². The number of aliphatic hydroxyl groups excluding tert-OH is 1. The average molecular weight is 236 g/mol. The molecule has 2 N–H and O–H groups in total. The van der Waals surface area contributed by atoms with Crippen molar-refractivity contribution in [2.45, 2.75) is 32.3 Å². The number of carbonyl (C=O) groups is 1. The highest BCUT2D eigenvalue weighted by Crippen LogP contribution is 2.15. The third-order valence-corrected chi connectivity index (χ3v) is 2.82. The summed E-state index contributed by atoms with van der Waals surface area (Å²) in [7, 11) is 0. The first-order chi connectivity index (χ1) is 7.50. The number of halogens is 2. The molecule has 16 heavy (non-hydrogen) atoms. The molecule has 1 aliphatic heterocycles. The standard InChI is InChI=1S/C10H18F2N2O2/c1-7-2-4-14(5-3-7)10(16)13-6-8(15)9(11)12/h7-9,15H,2-6H2,1H3,(H,13,16). The van der Waals surface area contributed by atoms with Gasteiger partial charge >= 0.3 is 6.03 Å². The highest BCUT2D eigenvalue weighted by Gasteiger charge is 2.22. The van der Waals surface area contributed by atoms with Crippen molar-refractivity contribution in [1.29, 1.82) is 0 Å². The van der Waals surface area contributed by atoms with E-state index < -0.39 is 19.1 Å². The number of aliphatic hydroxyl groups is 1. The van der Waals surface area contributed by atoms with Crippen LogP contribution in [-0.4, -0.2) is 48.2 Å². The molecule has 1 unspecified atom stereocenters. The maximum absolute atomic E-state index is 12.0. The summed E-state index contributed by atoms with van der Waals surface area (Å²) in [4.78, 5) is 13.1. The normalized spacial score (nSPS) is 19.9. The highest BCUT2D eigenvalue weighted by molar-refractivity contribution is 5.74. The summed E-state index contributed by atoms with van der Waals surface area (Å²) < 4.78 is 23.9. The second-order valence-electron chi connectivity index (χ2n) is 4.26. The molecular weight excluding hydrogens is 218 g/mol. The van der Waals surface area contributed by atoms with Crippen LogP contribution in [0.1, 0.15) is 19.8 Å². The maximum Gasteiger partial charge on any atom is 0.317 e. The van der Waals surface area contributed by atoms with Crippen LogP contribution < -0.4 is 5.32 Å². The number of alkyl halides is 2. The number of urea groups is 1. The Hall–Kier alpha value is -0.910. The summed E-state index contributed by atoms with van der Waals surface area (Å²) in [5.41, 5.74) is 0. The summed E-state index contributed by atoms with van der Waals surface area (Å²) in [6.07, 6.45) is -2.73. The summed E-state index contributed by atoms with van der Waals surface area (Å²) in [6, 6.07) is -0.369. The molecule has 94 valence electrons. The monoisotopic (exact) mass is 236 g/mol. The number of likely N-dealkylation sites (tertiary alicyclic amines) is 1. The molecule has 4 nitrogen and oxygen atoms in total. The second kappa shape index (κ2) is 5.98. The van der Waals surface area contributed by atoms with Gasteiger partial charge in [-0.3, -0.25) is 0 Å². The lowest BCUT2D eigenvalue weighted by atomic mass is 10.00. The van der Waals surface area contributed by atoms with Gasteiger partial charge < -0.3 is 15.3 Å². The fourth-order valence-corrected chi connectivity index (χ4v) is 1.60. The first-order valence-electron chi connectivity index (χ1n) is 5.49. The lowest BCUT2D eigenvalue weighted by Crippen LogP contribution is -2.47. The molecule has 1 heterocycles. The summed E-state index contributed by atoms with van der Waals surface area (Å²) in [5, 5.41) is 11.1. The van der Waals surface area contributed by atoms with Crippen LogP contribution in [0.15, 0.2) is 0 Å². The quantitative estimate of drug-likeness (QED) is 0.769. The summed E-state index contributed by atoms with van der Waals surface area (Å²) in [6.45, 7) is 3.02. The van der Waals surface area contributed by atoms with Crippen LogP contribution in [0.3, 0.4) is 0 Å². The summed E-state index contributed by atoms with van der Waals surface area (Å²) in [5.74, 6) is 0.607. The fourth-order valence-electron chi connectivity index (χ4n) is 1.60. The molecule has 6 heteroatoms. The largest absolute Gasteiger partial charge is 0.385 e. The number of hydrogen-bond donors (Lipinski definition) is 2. The lowest BCUT2D eigenvalue weighted by molar-refractivity contribution is -0.00244. The zero-order valence-electron chi connectivity index (χ0n) is 9.33. The average Bonchev–Trinajstić information content (AvgIpc) is 2.26. The van der Waals surface area contributed by atoms with Crippen LogP contribution in [0.25, 0.3) is 0 Å². The molecule has 0 aromatic heterocycles. The number of rotatable bonds is 3. The smallest absolute Gasteiger partial charge is 0.317 e. The van der Waals surface area contributed by atoms with Gasteiger partial charge in [0.2, 0.25) is 0 Å². The van der Waals surface area contributed by atoms with Gasteiger partial charge in [0.25, 0.3) is 6.43 Å². The fraction of sp³-hybridized carbons (Fsp3) is 0.900. The zero-order valence-corrected chi connectivity index (χ0v) is 9.33. The van der Waals surface area contributed by atoms with Crippen molar-refractivity contribution in [2.75, 3.05) is 19.6 Å². The van der Waals surface area contributed by atoms with Crippen LogP contribution in [0, 0.1) is 5.92 Å². The number of carbonyl (C=O) groups excluding carboxylic acids is 1. The molecular formula is C10H18F2N2O2. The molecule has 1 saturated heterocycles. The topological polar surface area (TPSA) is 52.6 Å². The van der Waals surface area contributed by atoms with Gasteiger partial charge in [0.1, 0.15) is 6.10 Å². The third-order valence-electron chi connectivity index (χ3n) is 2.82. The van der Waals surface area contributed by atoms with E-state index in [0.29, 0.717) is 19.0 Å². The Labute approximate surface area is 93.6 Å². The van der Waals surface area contributed by atoms with E-state index in [-0.39, 0.29) is 6.03 Å². The van der Waals surface area contributed by atoms with Crippen molar-refractivity contribution in [3.8, 4) is 0 Å². The first kappa shape index (κ1) is 13.2. The van der Waals surface area contributed by atoms with Crippen molar-refractivity contribution >= 4 is 6.03 Å². The van der Waals surface area contributed by atoms with E-state index in [1.54, 1.807) is 4.90 Å². The van der Waals surface area contributed by atoms with Gasteiger partial charge in [0, 0.05) is 13.1 Å². The number of piperidine rings is 1. The second-order valence-corrected chi connectivity index (χ2v) is 4.26. The van der Waals surface area contributed by atoms with Gasteiger partial charge in [-0.2, -0.15) is 0 Å². The van der Waals surface area contributed by atoms with Crippen molar-refractivity contribution < 1.29 is 18.7 Å². The number of amides is 2. The van der Waals surface area contributed by atoms with Crippen molar-refractivity contribution in [2.24, 2.45) is 5.92 Å². The van der Waals surface area contributed by atoms with Gasteiger partial charge in [0.05, 0.1) is 6.54 Å². The number of nitrogens with one attached hydrogen (secondary N) is 1. The Morgan fingerprint density at radius 1 is 1.50 bits per heavy atom. The minimum absolute atomic E-state index is 0.369. The molecule has 1 atom stereocenters. The minimum atomic E-state index is -2.82. The molecule has 0 bridgehead atoms. The maximum atomic E-state index is 12.0. The van der Waals surface area contributed by atoms with Crippen molar-refractivity contribution in [1.82, 2.24) is 10.2 Å². The Morgan fingerprint density at radius 3 is 2.56 bits per heavy atom. The molecule has 0 aromatic rings. The number of hydrogen-bond acceptors (Lipinski definition) is 2. The highest BCUT2D eigenvalue weighted by atomic mass is 19.3.